The molecule has 2 aromatic rings. The number of aryl methyl sites for hydroxylation is 1. The first-order valence-corrected chi connectivity index (χ1v) is 8.10. The van der Waals surface area contributed by atoms with Gasteiger partial charge in [-0.05, 0) is 37.3 Å². The van der Waals surface area contributed by atoms with Crippen molar-refractivity contribution >= 4 is 34.9 Å². The zero-order valence-corrected chi connectivity index (χ0v) is 14.2. The van der Waals surface area contributed by atoms with E-state index in [-0.39, 0.29) is 5.91 Å². The number of amides is 1. The second-order valence-corrected chi connectivity index (χ2v) is 6.28. The smallest absolute Gasteiger partial charge is 0.255 e. The lowest BCUT2D eigenvalue weighted by atomic mass is 10.1. The third-order valence-electron chi connectivity index (χ3n) is 3.83. The lowest BCUT2D eigenvalue weighted by Crippen LogP contribution is -2.49. The van der Waals surface area contributed by atoms with Crippen LogP contribution in [0.5, 0.6) is 0 Å². The van der Waals surface area contributed by atoms with E-state index in [1.54, 1.807) is 23.1 Å². The van der Waals surface area contributed by atoms with E-state index in [0.717, 1.165) is 11.5 Å². The predicted molar refractivity (Wildman–Crippen MR) is 91.3 cm³/mol. The fourth-order valence-corrected chi connectivity index (χ4v) is 2.90. The van der Waals surface area contributed by atoms with E-state index in [4.69, 9.17) is 23.2 Å². The molecule has 1 aliphatic rings. The quantitative estimate of drug-likeness (QED) is 0.835. The maximum atomic E-state index is 12.6. The number of hydrogen-bond donors (Lipinski definition) is 0. The van der Waals surface area contributed by atoms with Crippen LogP contribution >= 0.6 is 23.2 Å². The molecule has 0 aliphatic carbocycles. The van der Waals surface area contributed by atoms with E-state index < -0.39 is 0 Å². The average molecular weight is 351 g/mol. The number of nitrogens with zero attached hydrogens (tertiary/aromatic N) is 4. The fourth-order valence-electron chi connectivity index (χ4n) is 2.53. The number of halogens is 2. The van der Waals surface area contributed by atoms with Crippen molar-refractivity contribution in [2.75, 3.05) is 31.1 Å². The van der Waals surface area contributed by atoms with Crippen molar-refractivity contribution in [1.29, 1.82) is 0 Å². The van der Waals surface area contributed by atoms with Gasteiger partial charge >= 0.3 is 0 Å². The van der Waals surface area contributed by atoms with Crippen LogP contribution in [0, 0.1) is 6.92 Å². The van der Waals surface area contributed by atoms with Gasteiger partial charge in [0.15, 0.2) is 5.82 Å². The van der Waals surface area contributed by atoms with Gasteiger partial charge in [-0.2, -0.15) is 5.10 Å². The van der Waals surface area contributed by atoms with Crippen molar-refractivity contribution in [2.24, 2.45) is 0 Å². The van der Waals surface area contributed by atoms with Crippen molar-refractivity contribution in [3.8, 4) is 0 Å². The molecule has 23 heavy (non-hydrogen) atoms. The summed E-state index contributed by atoms with van der Waals surface area (Å²) in [6, 6.07) is 8.83. The lowest BCUT2D eigenvalue weighted by Gasteiger charge is -2.35. The standard InChI is InChI=1S/C16H16Cl2N4O/c1-11-2-5-15(20-19-11)21-6-8-22(9-7-21)16(23)13-10-12(17)3-4-14(13)18/h2-5,10H,6-9H2,1H3. The number of benzene rings is 1. The molecule has 0 bridgehead atoms. The Labute approximate surface area is 144 Å². The fraction of sp³-hybridized carbons (Fsp3) is 0.312. The number of carbonyl (C=O) groups excluding carboxylic acids is 1. The van der Waals surface area contributed by atoms with E-state index in [1.807, 2.05) is 19.1 Å². The molecule has 3 rings (SSSR count). The molecule has 1 saturated heterocycles. The molecule has 1 aromatic carbocycles. The van der Waals surface area contributed by atoms with E-state index in [1.165, 1.54) is 0 Å². The van der Waals surface area contributed by atoms with Gasteiger partial charge < -0.3 is 9.80 Å². The van der Waals surface area contributed by atoms with Crippen LogP contribution in [0.15, 0.2) is 30.3 Å². The van der Waals surface area contributed by atoms with Gasteiger partial charge in [0.05, 0.1) is 16.3 Å². The Morgan fingerprint density at radius 2 is 1.78 bits per heavy atom. The summed E-state index contributed by atoms with van der Waals surface area (Å²) < 4.78 is 0. The minimum atomic E-state index is -0.0906. The molecule has 0 saturated carbocycles. The number of hydrogen-bond acceptors (Lipinski definition) is 4. The third-order valence-corrected chi connectivity index (χ3v) is 4.40. The Kier molecular flexibility index (Phi) is 4.68. The van der Waals surface area contributed by atoms with Gasteiger partial charge in [-0.15, -0.1) is 5.10 Å². The topological polar surface area (TPSA) is 49.3 Å². The SMILES string of the molecule is Cc1ccc(N2CCN(C(=O)c3cc(Cl)ccc3Cl)CC2)nn1. The van der Waals surface area contributed by atoms with Crippen LogP contribution in [-0.4, -0.2) is 47.2 Å². The molecule has 0 spiro atoms. The molecule has 1 aromatic heterocycles. The van der Waals surface area contributed by atoms with Crippen LogP contribution in [0.4, 0.5) is 5.82 Å². The summed E-state index contributed by atoms with van der Waals surface area (Å²) in [5.41, 5.74) is 1.33. The number of anilines is 1. The number of aromatic nitrogens is 2. The summed E-state index contributed by atoms with van der Waals surface area (Å²) in [6.07, 6.45) is 0. The molecule has 1 aliphatic heterocycles. The van der Waals surface area contributed by atoms with Crippen molar-refractivity contribution in [1.82, 2.24) is 15.1 Å². The summed E-state index contributed by atoms with van der Waals surface area (Å²) in [5.74, 6) is 0.746. The van der Waals surface area contributed by atoms with Crippen LogP contribution < -0.4 is 4.90 Å². The van der Waals surface area contributed by atoms with Gasteiger partial charge in [-0.25, -0.2) is 0 Å². The van der Waals surface area contributed by atoms with Crippen LogP contribution in [-0.2, 0) is 0 Å². The zero-order valence-electron chi connectivity index (χ0n) is 12.7. The van der Waals surface area contributed by atoms with Gasteiger partial charge in [0, 0.05) is 31.2 Å². The van der Waals surface area contributed by atoms with E-state index >= 15 is 0 Å². The first-order chi connectivity index (χ1) is 11.0. The summed E-state index contributed by atoms with van der Waals surface area (Å²) in [5, 5.41) is 9.19. The molecule has 1 fully saturated rings. The molecule has 0 unspecified atom stereocenters. The van der Waals surface area contributed by atoms with Crippen LogP contribution in [0.3, 0.4) is 0 Å². The first-order valence-electron chi connectivity index (χ1n) is 7.34. The Hall–Kier alpha value is -1.85. The molecule has 0 N–H and O–H groups in total. The van der Waals surface area contributed by atoms with Crippen LogP contribution in [0.1, 0.15) is 16.1 Å². The summed E-state index contributed by atoms with van der Waals surface area (Å²) in [6.45, 7) is 4.54. The van der Waals surface area contributed by atoms with Crippen molar-refractivity contribution in [3.05, 3.63) is 51.6 Å². The van der Waals surface area contributed by atoms with Crippen molar-refractivity contribution in [2.45, 2.75) is 6.92 Å². The van der Waals surface area contributed by atoms with Gasteiger partial charge in [0.2, 0.25) is 0 Å². The van der Waals surface area contributed by atoms with Crippen molar-refractivity contribution in [3.63, 3.8) is 0 Å². The summed E-state index contributed by atoms with van der Waals surface area (Å²) in [7, 11) is 0. The van der Waals surface area contributed by atoms with E-state index in [9.17, 15) is 4.79 Å². The highest BCUT2D eigenvalue weighted by Crippen LogP contribution is 2.23. The highest BCUT2D eigenvalue weighted by Gasteiger charge is 2.24. The van der Waals surface area contributed by atoms with Gasteiger partial charge in [0.1, 0.15) is 0 Å². The molecular weight excluding hydrogens is 335 g/mol. The molecule has 0 atom stereocenters. The molecule has 0 radical (unpaired) electrons. The van der Waals surface area contributed by atoms with Gasteiger partial charge in [-0.3, -0.25) is 4.79 Å². The van der Waals surface area contributed by atoms with Crippen molar-refractivity contribution < 1.29 is 4.79 Å². The van der Waals surface area contributed by atoms with Crippen LogP contribution in [0.25, 0.3) is 0 Å². The highest BCUT2D eigenvalue weighted by atomic mass is 35.5. The monoisotopic (exact) mass is 350 g/mol. The van der Waals surface area contributed by atoms with E-state index in [2.05, 4.69) is 15.1 Å². The second-order valence-electron chi connectivity index (χ2n) is 5.44. The maximum Gasteiger partial charge on any atom is 0.255 e. The van der Waals surface area contributed by atoms with Crippen LogP contribution in [0.2, 0.25) is 10.0 Å². The summed E-state index contributed by atoms with van der Waals surface area (Å²) >= 11 is 12.1. The molecular formula is C16H16Cl2N4O. The van der Waals surface area contributed by atoms with Gasteiger partial charge in [-0.1, -0.05) is 23.2 Å². The summed E-state index contributed by atoms with van der Waals surface area (Å²) in [4.78, 5) is 16.5. The largest absolute Gasteiger partial charge is 0.352 e. The number of rotatable bonds is 2. The minimum absolute atomic E-state index is 0.0906. The Balaban J connectivity index is 1.67. The number of piperazine rings is 1. The Morgan fingerprint density at radius 1 is 1.04 bits per heavy atom. The molecule has 1 amide bonds. The predicted octanol–water partition coefficient (Wildman–Crippen LogP) is 3.05. The second kappa shape index (κ2) is 6.72. The molecule has 5 nitrogen and oxygen atoms in total. The minimum Gasteiger partial charge on any atom is -0.352 e. The maximum absolute atomic E-state index is 12.6. The Morgan fingerprint density at radius 3 is 2.43 bits per heavy atom. The molecule has 7 heteroatoms. The average Bonchev–Trinajstić information content (AvgIpc) is 2.57. The van der Waals surface area contributed by atoms with E-state index in [0.29, 0.717) is 41.8 Å². The normalized spacial score (nSPS) is 14.9. The highest BCUT2D eigenvalue weighted by molar-refractivity contribution is 6.35. The number of carbonyl (C=O) groups is 1. The third kappa shape index (κ3) is 3.57. The lowest BCUT2D eigenvalue weighted by molar-refractivity contribution is 0.0746. The zero-order chi connectivity index (χ0) is 16.4. The van der Waals surface area contributed by atoms with Gasteiger partial charge in [0.25, 0.3) is 5.91 Å². The molecule has 2 heterocycles. The Bertz CT molecular complexity index is 713. The first kappa shape index (κ1) is 16.0. The molecule has 120 valence electrons.